The minimum atomic E-state index is 0.242. The van der Waals surface area contributed by atoms with Crippen LogP contribution in [-0.4, -0.2) is 12.5 Å². The van der Waals surface area contributed by atoms with Crippen LogP contribution in [0.3, 0.4) is 0 Å². The minimum Gasteiger partial charge on any atom is -0.312 e. The zero-order chi connectivity index (χ0) is 10.7. The van der Waals surface area contributed by atoms with Crippen LogP contribution < -0.4 is 4.90 Å². The number of benzene rings is 1. The highest BCUT2D eigenvalue weighted by atomic mass is 16.2. The van der Waals surface area contributed by atoms with Gasteiger partial charge in [-0.25, -0.2) is 0 Å². The lowest BCUT2D eigenvalue weighted by Crippen LogP contribution is -2.24. The first kappa shape index (κ1) is 9.97. The predicted octanol–water partition coefficient (Wildman–Crippen LogP) is 2.54. The molecule has 1 aromatic carbocycles. The first-order valence-electron chi connectivity index (χ1n) is 5.32. The first-order valence-corrected chi connectivity index (χ1v) is 5.32. The number of hydrogen-bond donors (Lipinski definition) is 0. The zero-order valence-electron chi connectivity index (χ0n) is 8.78. The van der Waals surface area contributed by atoms with E-state index >= 15 is 0 Å². The largest absolute Gasteiger partial charge is 0.312 e. The monoisotopic (exact) mass is 201 g/mol. The van der Waals surface area contributed by atoms with E-state index in [-0.39, 0.29) is 5.91 Å². The molecule has 15 heavy (non-hydrogen) atoms. The highest BCUT2D eigenvalue weighted by Gasteiger charge is 2.22. The van der Waals surface area contributed by atoms with Crippen molar-refractivity contribution < 1.29 is 4.79 Å². The average Bonchev–Trinajstić information content (AvgIpc) is 2.66. The molecule has 0 radical (unpaired) electrons. The summed E-state index contributed by atoms with van der Waals surface area (Å²) >= 11 is 0. The molecule has 0 spiro atoms. The summed E-state index contributed by atoms with van der Waals surface area (Å²) < 4.78 is 0. The molecule has 0 aliphatic carbocycles. The van der Waals surface area contributed by atoms with Gasteiger partial charge in [-0.2, -0.15) is 0 Å². The van der Waals surface area contributed by atoms with Crippen molar-refractivity contribution in [3.8, 4) is 0 Å². The molecule has 1 aliphatic rings. The fourth-order valence-electron chi connectivity index (χ4n) is 2.01. The van der Waals surface area contributed by atoms with Crippen LogP contribution in [0, 0.1) is 0 Å². The molecule has 2 heteroatoms. The van der Waals surface area contributed by atoms with Gasteiger partial charge < -0.3 is 4.90 Å². The Hall–Kier alpha value is -1.57. The maximum absolute atomic E-state index is 11.6. The molecule has 0 unspecified atom stereocenters. The van der Waals surface area contributed by atoms with Gasteiger partial charge in [0.05, 0.1) is 0 Å². The molecule has 0 saturated carbocycles. The number of hydrogen-bond acceptors (Lipinski definition) is 1. The SMILES string of the molecule is C=CCc1ccccc1N1CCCC1=O. The molecule has 2 rings (SSSR count). The molecular weight excluding hydrogens is 186 g/mol. The Morgan fingerprint density at radius 3 is 2.87 bits per heavy atom. The third-order valence-electron chi connectivity index (χ3n) is 2.72. The Labute approximate surface area is 90.2 Å². The fourth-order valence-corrected chi connectivity index (χ4v) is 2.01. The van der Waals surface area contributed by atoms with Gasteiger partial charge >= 0.3 is 0 Å². The predicted molar refractivity (Wildman–Crippen MR) is 61.9 cm³/mol. The van der Waals surface area contributed by atoms with Crippen molar-refractivity contribution in [3.05, 3.63) is 42.5 Å². The Bertz CT molecular complexity index is 384. The lowest BCUT2D eigenvalue weighted by Gasteiger charge is -2.18. The van der Waals surface area contributed by atoms with Crippen LogP contribution in [0.25, 0.3) is 0 Å². The molecule has 0 aromatic heterocycles. The second-order valence-electron chi connectivity index (χ2n) is 3.77. The number of carbonyl (C=O) groups is 1. The Balaban J connectivity index is 2.33. The molecule has 1 saturated heterocycles. The summed E-state index contributed by atoms with van der Waals surface area (Å²) in [5, 5.41) is 0. The third kappa shape index (κ3) is 1.94. The first-order chi connectivity index (χ1) is 7.33. The van der Waals surface area contributed by atoms with Gasteiger partial charge in [0.1, 0.15) is 0 Å². The second-order valence-corrected chi connectivity index (χ2v) is 3.77. The summed E-state index contributed by atoms with van der Waals surface area (Å²) in [6.45, 7) is 4.59. The standard InChI is InChI=1S/C13H15NO/c1-2-6-11-7-3-4-8-12(11)14-10-5-9-13(14)15/h2-4,7-8H,1,5-6,9-10H2. The number of nitrogens with zero attached hydrogens (tertiary/aromatic N) is 1. The van der Waals surface area contributed by atoms with Gasteiger partial charge in [0, 0.05) is 18.7 Å². The van der Waals surface area contributed by atoms with Crippen molar-refractivity contribution in [1.29, 1.82) is 0 Å². The summed E-state index contributed by atoms with van der Waals surface area (Å²) in [5.74, 6) is 0.242. The summed E-state index contributed by atoms with van der Waals surface area (Å²) in [6, 6.07) is 8.06. The number of carbonyl (C=O) groups excluding carboxylic acids is 1. The third-order valence-corrected chi connectivity index (χ3v) is 2.72. The van der Waals surface area contributed by atoms with E-state index in [9.17, 15) is 4.79 Å². The number of amides is 1. The van der Waals surface area contributed by atoms with Crippen molar-refractivity contribution >= 4 is 11.6 Å². The van der Waals surface area contributed by atoms with Crippen LogP contribution in [0.2, 0.25) is 0 Å². The number of rotatable bonds is 3. The molecule has 1 amide bonds. The van der Waals surface area contributed by atoms with Crippen LogP contribution in [-0.2, 0) is 11.2 Å². The van der Waals surface area contributed by atoms with E-state index in [1.807, 2.05) is 29.2 Å². The molecule has 1 heterocycles. The maximum Gasteiger partial charge on any atom is 0.227 e. The summed E-state index contributed by atoms with van der Waals surface area (Å²) in [5.41, 5.74) is 2.24. The van der Waals surface area contributed by atoms with Gasteiger partial charge in [-0.05, 0) is 24.5 Å². The molecule has 0 bridgehead atoms. The van der Waals surface area contributed by atoms with Crippen molar-refractivity contribution in [1.82, 2.24) is 0 Å². The Kier molecular flexibility index (Phi) is 2.86. The number of allylic oxidation sites excluding steroid dienone is 1. The van der Waals surface area contributed by atoms with Gasteiger partial charge in [-0.3, -0.25) is 4.79 Å². The topological polar surface area (TPSA) is 20.3 Å². The fraction of sp³-hybridized carbons (Fsp3) is 0.308. The van der Waals surface area contributed by atoms with Crippen molar-refractivity contribution in [2.45, 2.75) is 19.3 Å². The van der Waals surface area contributed by atoms with E-state index in [4.69, 9.17) is 0 Å². The van der Waals surface area contributed by atoms with Gasteiger partial charge in [-0.1, -0.05) is 24.3 Å². The van der Waals surface area contributed by atoms with Gasteiger partial charge in [0.2, 0.25) is 5.91 Å². The van der Waals surface area contributed by atoms with Crippen LogP contribution in [0.1, 0.15) is 18.4 Å². The molecule has 78 valence electrons. The summed E-state index contributed by atoms with van der Waals surface area (Å²) in [7, 11) is 0. The number of anilines is 1. The number of para-hydroxylation sites is 1. The van der Waals surface area contributed by atoms with Crippen molar-refractivity contribution in [3.63, 3.8) is 0 Å². The van der Waals surface area contributed by atoms with E-state index < -0.39 is 0 Å². The molecule has 1 aromatic rings. The normalized spacial score (nSPS) is 15.7. The second kappa shape index (κ2) is 4.30. The Morgan fingerprint density at radius 2 is 2.20 bits per heavy atom. The molecule has 1 aliphatic heterocycles. The smallest absolute Gasteiger partial charge is 0.227 e. The Morgan fingerprint density at radius 1 is 1.40 bits per heavy atom. The highest BCUT2D eigenvalue weighted by molar-refractivity contribution is 5.96. The quantitative estimate of drug-likeness (QED) is 0.688. The molecule has 0 N–H and O–H groups in total. The van der Waals surface area contributed by atoms with Crippen LogP contribution >= 0.6 is 0 Å². The zero-order valence-corrected chi connectivity index (χ0v) is 8.78. The highest BCUT2D eigenvalue weighted by Crippen LogP contribution is 2.25. The van der Waals surface area contributed by atoms with E-state index in [0.29, 0.717) is 6.42 Å². The van der Waals surface area contributed by atoms with E-state index in [1.165, 1.54) is 5.56 Å². The van der Waals surface area contributed by atoms with Gasteiger partial charge in [0.25, 0.3) is 0 Å². The maximum atomic E-state index is 11.6. The van der Waals surface area contributed by atoms with Gasteiger partial charge in [-0.15, -0.1) is 6.58 Å². The minimum absolute atomic E-state index is 0.242. The molecular formula is C13H15NO. The summed E-state index contributed by atoms with van der Waals surface area (Å²) in [4.78, 5) is 13.5. The van der Waals surface area contributed by atoms with E-state index in [2.05, 4.69) is 12.6 Å². The van der Waals surface area contributed by atoms with Crippen molar-refractivity contribution in [2.75, 3.05) is 11.4 Å². The van der Waals surface area contributed by atoms with Crippen molar-refractivity contribution in [2.24, 2.45) is 0 Å². The van der Waals surface area contributed by atoms with Crippen LogP contribution in [0.5, 0.6) is 0 Å². The van der Waals surface area contributed by atoms with E-state index in [0.717, 1.165) is 25.1 Å². The lowest BCUT2D eigenvalue weighted by molar-refractivity contribution is -0.117. The van der Waals surface area contributed by atoms with Crippen LogP contribution in [0.15, 0.2) is 36.9 Å². The summed E-state index contributed by atoms with van der Waals surface area (Å²) in [6.07, 6.45) is 4.35. The van der Waals surface area contributed by atoms with Crippen LogP contribution in [0.4, 0.5) is 5.69 Å². The molecule has 2 nitrogen and oxygen atoms in total. The van der Waals surface area contributed by atoms with Gasteiger partial charge in [0.15, 0.2) is 0 Å². The molecule has 1 fully saturated rings. The average molecular weight is 201 g/mol. The lowest BCUT2D eigenvalue weighted by atomic mass is 10.1. The molecule has 0 atom stereocenters. The van der Waals surface area contributed by atoms with E-state index in [1.54, 1.807) is 0 Å².